The van der Waals surface area contributed by atoms with Gasteiger partial charge in [-0.05, 0) is 146 Å². The van der Waals surface area contributed by atoms with Crippen molar-refractivity contribution in [3.8, 4) is 102 Å². The number of hydrogen-bond acceptors (Lipinski definition) is 14. The molecule has 16 heteroatoms. The van der Waals surface area contributed by atoms with Gasteiger partial charge in [-0.15, -0.1) is 0 Å². The minimum atomic E-state index is 0.556. The van der Waals surface area contributed by atoms with E-state index in [1.165, 1.54) is 0 Å². The Labute approximate surface area is 506 Å². The van der Waals surface area contributed by atoms with Crippen molar-refractivity contribution in [1.29, 1.82) is 0 Å². The van der Waals surface area contributed by atoms with Gasteiger partial charge in [-0.1, -0.05) is 91.0 Å². The highest BCUT2D eigenvalue weighted by molar-refractivity contribution is 6.14. The molecule has 0 spiro atoms. The van der Waals surface area contributed by atoms with Gasteiger partial charge >= 0.3 is 0 Å². The zero-order chi connectivity index (χ0) is 59.9. The van der Waals surface area contributed by atoms with Crippen LogP contribution in [-0.2, 0) is 0 Å². The number of aryl methyl sites for hydroxylation is 8. The molecule has 0 bridgehead atoms. The number of para-hydroxylation sites is 1. The van der Waals surface area contributed by atoms with E-state index in [1.807, 2.05) is 91.8 Å². The van der Waals surface area contributed by atoms with E-state index in [1.54, 1.807) is 0 Å². The Morgan fingerprint density at radius 3 is 0.898 bits per heavy atom. The number of rotatable bonds is 10. The normalized spacial score (nSPS) is 11.6. The summed E-state index contributed by atoms with van der Waals surface area (Å²) in [6.45, 7) is 15.2. The summed E-state index contributed by atoms with van der Waals surface area (Å²) in [6, 6.07) is 63.6. The maximum absolute atomic E-state index is 5.55. The van der Waals surface area contributed by atoms with Crippen LogP contribution in [0.2, 0.25) is 0 Å². The lowest BCUT2D eigenvalue weighted by molar-refractivity contribution is 0.928. The third-order valence-electron chi connectivity index (χ3n) is 15.8. The van der Waals surface area contributed by atoms with Crippen LogP contribution in [0.1, 0.15) is 46.6 Å². The number of fused-ring (bicyclic) bond motifs is 6. The second-order valence-electron chi connectivity index (χ2n) is 22.0. The fourth-order valence-corrected chi connectivity index (χ4v) is 12.3. The second-order valence-corrected chi connectivity index (χ2v) is 22.0. The highest BCUT2D eigenvalue weighted by Gasteiger charge is 2.27. The van der Waals surface area contributed by atoms with E-state index in [2.05, 4.69) is 175 Å². The number of aromatic nitrogens is 16. The van der Waals surface area contributed by atoms with Gasteiger partial charge < -0.3 is 9.13 Å². The summed E-state index contributed by atoms with van der Waals surface area (Å²) < 4.78 is 4.73. The van der Waals surface area contributed by atoms with Gasteiger partial charge in [0, 0.05) is 71.6 Å². The molecule has 0 aliphatic rings. The first-order valence-corrected chi connectivity index (χ1v) is 29.0. The standard InChI is InChI=1S/C72H54N16/c1-39-73-40(2)78-68(77-39)49-26-30-62-55(34-49)56-35-50(69-79-41(3)74-42(4)80-69)27-31-63(56)87(62)61-24-16-15-22-53(61)67-54(72-85-59(47-18-11-9-12-19-47)38-60(86-72)48-20-13-10-14-21-48)23-17-25-66(67)88-64-32-28-51(70-81-43(5)75-44(6)82-70)36-57(64)58-37-52(29-33-65(58)88)71-83-45(7)76-46(8)84-71/h9-38H,1-8H3. The van der Waals surface area contributed by atoms with E-state index in [0.717, 1.165) is 116 Å². The zero-order valence-corrected chi connectivity index (χ0v) is 49.5. The number of benzene rings is 8. The average molecular weight is 1140 g/mol. The molecule has 8 aromatic carbocycles. The summed E-state index contributed by atoms with van der Waals surface area (Å²) >= 11 is 0. The van der Waals surface area contributed by atoms with Crippen LogP contribution >= 0.6 is 0 Å². The van der Waals surface area contributed by atoms with Crippen molar-refractivity contribution in [3.05, 3.63) is 229 Å². The van der Waals surface area contributed by atoms with E-state index in [0.29, 0.717) is 75.7 Å². The molecule has 0 amide bonds. The molecule has 0 saturated heterocycles. The smallest absolute Gasteiger partial charge is 0.163 e. The van der Waals surface area contributed by atoms with Crippen LogP contribution in [0.3, 0.4) is 0 Å². The van der Waals surface area contributed by atoms with Gasteiger partial charge in [-0.2, -0.15) is 0 Å². The lowest BCUT2D eigenvalue weighted by Crippen LogP contribution is -2.05. The van der Waals surface area contributed by atoms with Crippen LogP contribution in [0, 0.1) is 55.4 Å². The lowest BCUT2D eigenvalue weighted by atomic mass is 9.94. The highest BCUT2D eigenvalue weighted by atomic mass is 15.1. The van der Waals surface area contributed by atoms with Gasteiger partial charge in [0.05, 0.1) is 44.8 Å². The van der Waals surface area contributed by atoms with Gasteiger partial charge in [-0.3, -0.25) is 0 Å². The van der Waals surface area contributed by atoms with E-state index < -0.39 is 0 Å². The zero-order valence-electron chi connectivity index (χ0n) is 49.5. The minimum absolute atomic E-state index is 0.556. The molecule has 0 unspecified atom stereocenters. The Morgan fingerprint density at radius 2 is 0.534 bits per heavy atom. The fourth-order valence-electron chi connectivity index (χ4n) is 12.3. The quantitative estimate of drug-likeness (QED) is 0.126. The molecule has 7 heterocycles. The van der Waals surface area contributed by atoms with Crippen LogP contribution < -0.4 is 0 Å². The van der Waals surface area contributed by atoms with E-state index >= 15 is 0 Å². The van der Waals surface area contributed by atoms with Gasteiger partial charge in [0.15, 0.2) is 29.1 Å². The molecule has 15 aromatic rings. The van der Waals surface area contributed by atoms with Gasteiger partial charge in [0.1, 0.15) is 46.6 Å². The monoisotopic (exact) mass is 1140 g/mol. The van der Waals surface area contributed by atoms with E-state index in [9.17, 15) is 0 Å². The summed E-state index contributed by atoms with van der Waals surface area (Å²) in [7, 11) is 0. The first kappa shape index (κ1) is 53.2. The molecule has 15 rings (SSSR count). The van der Waals surface area contributed by atoms with Gasteiger partial charge in [0.25, 0.3) is 0 Å². The molecule has 0 N–H and O–H groups in total. The Hall–Kier alpha value is -11.5. The van der Waals surface area contributed by atoms with Crippen LogP contribution in [0.4, 0.5) is 0 Å². The largest absolute Gasteiger partial charge is 0.309 e. The third-order valence-corrected chi connectivity index (χ3v) is 15.8. The highest BCUT2D eigenvalue weighted by Crippen LogP contribution is 2.46. The minimum Gasteiger partial charge on any atom is -0.309 e. The second kappa shape index (κ2) is 21.2. The molecule has 88 heavy (non-hydrogen) atoms. The Bertz CT molecular complexity index is 4970. The van der Waals surface area contributed by atoms with Gasteiger partial charge in [0.2, 0.25) is 0 Å². The molecule has 7 aromatic heterocycles. The number of hydrogen-bond donors (Lipinski definition) is 0. The summed E-state index contributed by atoms with van der Waals surface area (Å²) in [5, 5.41) is 3.94. The molecule has 16 nitrogen and oxygen atoms in total. The topological polar surface area (TPSA) is 190 Å². The SMILES string of the molecule is Cc1nc(C)nc(-c2ccc3c(c2)c2cc(-c4nc(C)nc(C)n4)ccc2n3-c2ccccc2-c2c(-c3nc(-c4ccccc4)cc(-c4ccccc4)n3)cccc2-n2c3ccc(-c4nc(C)nc(C)n4)cc3c3cc(-c4nc(C)nc(C)n4)ccc32)n1. The van der Waals surface area contributed by atoms with Gasteiger partial charge in [-0.25, -0.2) is 69.8 Å². The van der Waals surface area contributed by atoms with E-state index in [-0.39, 0.29) is 0 Å². The van der Waals surface area contributed by atoms with Crippen LogP contribution in [0.25, 0.3) is 146 Å². The third kappa shape index (κ3) is 9.52. The average Bonchev–Trinajstić information content (AvgIpc) is 1.59. The summed E-state index contributed by atoms with van der Waals surface area (Å²) in [5.74, 6) is 8.12. The molecule has 0 saturated carbocycles. The Morgan fingerprint density at radius 1 is 0.227 bits per heavy atom. The van der Waals surface area contributed by atoms with Crippen LogP contribution in [0.5, 0.6) is 0 Å². The number of nitrogens with zero attached hydrogens (tertiary/aromatic N) is 16. The van der Waals surface area contributed by atoms with Crippen molar-refractivity contribution >= 4 is 43.6 Å². The molecule has 422 valence electrons. The lowest BCUT2D eigenvalue weighted by Gasteiger charge is -2.21. The van der Waals surface area contributed by atoms with Crippen molar-refractivity contribution in [2.75, 3.05) is 0 Å². The molecular formula is C72H54N16. The summed E-state index contributed by atoms with van der Waals surface area (Å²) in [4.78, 5) is 67.8. The maximum Gasteiger partial charge on any atom is 0.163 e. The molecule has 0 fully saturated rings. The first-order valence-electron chi connectivity index (χ1n) is 29.0. The Balaban J connectivity index is 1.05. The van der Waals surface area contributed by atoms with Crippen molar-refractivity contribution in [1.82, 2.24) is 78.9 Å². The predicted octanol–water partition coefficient (Wildman–Crippen LogP) is 15.2. The van der Waals surface area contributed by atoms with Crippen molar-refractivity contribution in [2.24, 2.45) is 0 Å². The summed E-state index contributed by atoms with van der Waals surface area (Å²) in [6.07, 6.45) is 0. The maximum atomic E-state index is 5.55. The Kier molecular flexibility index (Phi) is 12.8. The predicted molar refractivity (Wildman–Crippen MR) is 346 cm³/mol. The van der Waals surface area contributed by atoms with Crippen molar-refractivity contribution < 1.29 is 0 Å². The first-order chi connectivity index (χ1) is 42.8. The van der Waals surface area contributed by atoms with Crippen molar-refractivity contribution in [2.45, 2.75) is 55.4 Å². The molecular weight excluding hydrogens is 1090 g/mol. The van der Waals surface area contributed by atoms with Crippen LogP contribution in [0.15, 0.2) is 182 Å². The fraction of sp³-hybridized carbons (Fsp3) is 0.111. The van der Waals surface area contributed by atoms with Crippen LogP contribution in [-0.4, -0.2) is 78.9 Å². The summed E-state index contributed by atoms with van der Waals surface area (Å²) in [5.41, 5.74) is 15.3. The molecule has 0 aliphatic heterocycles. The molecule has 0 atom stereocenters. The van der Waals surface area contributed by atoms with Crippen molar-refractivity contribution in [3.63, 3.8) is 0 Å². The molecule has 0 aliphatic carbocycles. The molecule has 0 radical (unpaired) electrons. The van der Waals surface area contributed by atoms with E-state index in [4.69, 9.17) is 49.8 Å².